The zero-order chi connectivity index (χ0) is 0. The Kier molecular flexibility index (Phi) is 187. The van der Waals surface area contributed by atoms with E-state index in [0.29, 0.717) is 0 Å². The minimum absolute atomic E-state index is 0. The first-order chi connectivity index (χ1) is 0. The van der Waals surface area contributed by atoms with Gasteiger partial charge in [0.2, 0.25) is 0 Å². The number of hydrogen-bond donors (Lipinski definition) is 0. The van der Waals surface area contributed by atoms with Crippen molar-refractivity contribution in [2.45, 2.75) is 0 Å². The van der Waals surface area contributed by atoms with Crippen LogP contribution in [-0.4, -0.2) is 40.4 Å². The Morgan fingerprint density at radius 3 is 1.20 bits per heavy atom. The van der Waals surface area contributed by atoms with Crippen LogP contribution in [0.25, 0.3) is 0 Å². The van der Waals surface area contributed by atoms with Crippen LogP contribution < -0.4 is 0 Å². The van der Waals surface area contributed by atoms with Crippen LogP contribution in [0.3, 0.4) is 0 Å². The van der Waals surface area contributed by atoms with Gasteiger partial charge in [-0.3, -0.25) is 0 Å². The van der Waals surface area contributed by atoms with E-state index >= 15 is 0 Å². The predicted molar refractivity (Wildman–Crippen MR) is 17.9 cm³/mol. The van der Waals surface area contributed by atoms with E-state index in [1.54, 1.807) is 0 Å². The molecule has 1 radical (unpaired) electrons. The van der Waals surface area contributed by atoms with Crippen LogP contribution in [0, 0.1) is 0 Å². The summed E-state index contributed by atoms with van der Waals surface area (Å²) in [5, 5.41) is 0. The first kappa shape index (κ1) is 37.3. The van der Waals surface area contributed by atoms with E-state index in [0.717, 1.165) is 0 Å². The fourth-order valence-electron chi connectivity index (χ4n) is 0. The van der Waals surface area contributed by atoms with E-state index in [4.69, 9.17) is 0 Å². The van der Waals surface area contributed by atoms with Gasteiger partial charge in [0.05, 0.1) is 0 Å². The average molecular weight is 240 g/mol. The summed E-state index contributed by atoms with van der Waals surface area (Å²) >= 11 is 0. The maximum Gasteiger partial charge on any atom is 2.00 e. The van der Waals surface area contributed by atoms with Crippen molar-refractivity contribution in [3.05, 3.63) is 0 Å². The number of hydrogen-bond acceptors (Lipinski definition) is 0. The van der Waals surface area contributed by atoms with Crippen LogP contribution in [0.1, 0.15) is 2.85 Å². The molecule has 0 unspecified atom stereocenters. The molecule has 0 N–H and O–H groups in total. The topological polar surface area (TPSA) is 0 Å². The molecule has 0 aliphatic heterocycles. The standard InChI is InChI=1S/Al.Mg.Sc.Ti.Zr.5H/q;+2;;;;;;;2*-1. The molecule has 0 fully saturated rings. The van der Waals surface area contributed by atoms with Gasteiger partial charge in [0.1, 0.15) is 0 Å². The quantitative estimate of drug-likeness (QED) is 0.460. The minimum Gasteiger partial charge on any atom is -1.00 e. The molecule has 0 saturated heterocycles. The van der Waals surface area contributed by atoms with Crippen LogP contribution in [0.15, 0.2) is 0 Å². The smallest absolute Gasteiger partial charge is 1.00 e. The fourth-order valence-corrected chi connectivity index (χ4v) is 0. The Bertz CT molecular complexity index is 17.7. The van der Waals surface area contributed by atoms with Gasteiger partial charge in [0.15, 0.2) is 17.4 Å². The fraction of sp³-hybridized carbons (Fsp3) is 0. The predicted octanol–water partition coefficient (Wildman–Crippen LogP) is -1.35. The normalized spacial score (nSPS) is 0. The summed E-state index contributed by atoms with van der Waals surface area (Å²) in [6.07, 6.45) is 0. The van der Waals surface area contributed by atoms with Crippen LogP contribution in [-0.2, 0) is 73.8 Å². The van der Waals surface area contributed by atoms with Crippen molar-refractivity contribution in [3.8, 4) is 0 Å². The Morgan fingerprint density at radius 2 is 1.20 bits per heavy atom. The first-order valence-electron chi connectivity index (χ1n) is 0. The molecule has 0 nitrogen and oxygen atoms in total. The van der Waals surface area contributed by atoms with Crippen molar-refractivity contribution >= 4 is 40.4 Å². The van der Waals surface area contributed by atoms with Gasteiger partial charge in [-0.1, -0.05) is 0 Å². The van der Waals surface area contributed by atoms with Crippen molar-refractivity contribution < 1.29 is 76.6 Å². The molecule has 0 aliphatic rings. The Hall–Kier alpha value is 3.77. The van der Waals surface area contributed by atoms with E-state index in [1.807, 2.05) is 0 Å². The molecular formula is H5AlMgScTiZr. The molecule has 0 heterocycles. The zero-order valence-corrected chi connectivity index (χ0v) is 9.52. The van der Waals surface area contributed by atoms with Gasteiger partial charge in [-0.25, -0.2) is 0 Å². The molecule has 0 aromatic heterocycles. The molecule has 0 aliphatic carbocycles. The van der Waals surface area contributed by atoms with E-state index in [2.05, 4.69) is 0 Å². The van der Waals surface area contributed by atoms with Gasteiger partial charge in [-0.05, 0) is 0 Å². The second-order valence-electron chi connectivity index (χ2n) is 0. The molecule has 0 rings (SSSR count). The van der Waals surface area contributed by atoms with Crippen molar-refractivity contribution in [2.75, 3.05) is 0 Å². The molecule has 5 heavy (non-hydrogen) atoms. The molecule has 0 aromatic carbocycles. The van der Waals surface area contributed by atoms with Crippen LogP contribution >= 0.6 is 0 Å². The SMILES string of the molecule is [AlH3].[H-].[H-].[Mg+2].[Sc].[Ti].[Zr]. The molecule has 0 atom stereocenters. The van der Waals surface area contributed by atoms with Crippen LogP contribution in [0.5, 0.6) is 0 Å². The van der Waals surface area contributed by atoms with Crippen molar-refractivity contribution in [1.82, 2.24) is 0 Å². The Balaban J connectivity index is 0. The van der Waals surface area contributed by atoms with Crippen molar-refractivity contribution in [1.29, 1.82) is 0 Å². The monoisotopic (exact) mass is 239 g/mol. The molecule has 5 heteroatoms. The molecule has 0 amide bonds. The van der Waals surface area contributed by atoms with Crippen molar-refractivity contribution in [3.63, 3.8) is 0 Å². The van der Waals surface area contributed by atoms with E-state index in [-0.39, 0.29) is 117 Å². The third kappa shape index (κ3) is 18.2. The molecular weight excluding hydrogens is 235 g/mol. The summed E-state index contributed by atoms with van der Waals surface area (Å²) in [4.78, 5) is 0. The van der Waals surface area contributed by atoms with Gasteiger partial charge >= 0.3 is 23.1 Å². The summed E-state index contributed by atoms with van der Waals surface area (Å²) < 4.78 is 0. The molecule has 21 valence electrons. The third-order valence-corrected chi connectivity index (χ3v) is 0. The molecule has 0 bridgehead atoms. The van der Waals surface area contributed by atoms with Gasteiger partial charge in [-0.2, -0.15) is 0 Å². The molecule has 0 saturated carbocycles. The average Bonchev–Trinajstić information content (AvgIpc) is 0. The summed E-state index contributed by atoms with van der Waals surface area (Å²) in [5.74, 6) is 0. The van der Waals surface area contributed by atoms with Gasteiger partial charge in [-0.15, -0.1) is 0 Å². The molecule has 0 spiro atoms. The summed E-state index contributed by atoms with van der Waals surface area (Å²) in [7, 11) is 0. The van der Waals surface area contributed by atoms with Crippen LogP contribution in [0.2, 0.25) is 0 Å². The van der Waals surface area contributed by atoms with E-state index < -0.39 is 0 Å². The van der Waals surface area contributed by atoms with Crippen LogP contribution in [0.4, 0.5) is 0 Å². The minimum atomic E-state index is 0. The Labute approximate surface area is 115 Å². The third-order valence-electron chi connectivity index (χ3n) is 0. The second-order valence-corrected chi connectivity index (χ2v) is 0. The zero-order valence-electron chi connectivity index (χ0n) is 4.28. The maximum atomic E-state index is 0. The van der Waals surface area contributed by atoms with Crippen molar-refractivity contribution in [2.24, 2.45) is 0 Å². The summed E-state index contributed by atoms with van der Waals surface area (Å²) in [6.45, 7) is 0. The first-order valence-corrected chi connectivity index (χ1v) is 0. The molecule has 0 aromatic rings. The number of rotatable bonds is 0. The summed E-state index contributed by atoms with van der Waals surface area (Å²) in [6, 6.07) is 0. The van der Waals surface area contributed by atoms with Gasteiger partial charge < -0.3 is 2.85 Å². The van der Waals surface area contributed by atoms with Gasteiger partial charge in [0, 0.05) is 73.8 Å². The summed E-state index contributed by atoms with van der Waals surface area (Å²) in [5.41, 5.74) is 0. The second kappa shape index (κ2) is 25.1. The van der Waals surface area contributed by atoms with Gasteiger partial charge in [0.25, 0.3) is 0 Å². The largest absolute Gasteiger partial charge is 2.00 e. The maximum absolute atomic E-state index is 0. The van der Waals surface area contributed by atoms with E-state index in [9.17, 15) is 0 Å². The van der Waals surface area contributed by atoms with E-state index in [1.165, 1.54) is 0 Å². The Morgan fingerprint density at radius 1 is 1.20 bits per heavy atom.